The van der Waals surface area contributed by atoms with Crippen LogP contribution in [0.2, 0.25) is 0 Å². The molecule has 398 valence electrons. The second kappa shape index (κ2) is 52.2. The van der Waals surface area contributed by atoms with Crippen LogP contribution in [0.3, 0.4) is 0 Å². The third-order valence-electron chi connectivity index (χ3n) is 14.3. The molecule has 0 bridgehead atoms. The second-order valence-electron chi connectivity index (χ2n) is 22.2. The number of hydrogen-bond acceptors (Lipinski definition) is 6. The van der Waals surface area contributed by atoms with E-state index in [0.717, 1.165) is 75.5 Å². The van der Waals surface area contributed by atoms with Gasteiger partial charge in [0.15, 0.2) is 6.10 Å². The highest BCUT2D eigenvalue weighted by atomic mass is 16.6. The summed E-state index contributed by atoms with van der Waals surface area (Å²) in [6, 6.07) is 0. The fraction of sp³-hybridized carbons (Fsp3) is 0.951. The molecule has 6 heteroatoms. The van der Waals surface area contributed by atoms with Crippen LogP contribution in [0.25, 0.3) is 0 Å². The van der Waals surface area contributed by atoms with Gasteiger partial charge < -0.3 is 14.2 Å². The predicted octanol–water partition coefficient (Wildman–Crippen LogP) is 19.9. The quantitative estimate of drug-likeness (QED) is 0.0343. The first-order valence-electron chi connectivity index (χ1n) is 30.1. The normalized spacial score (nSPS) is 12.5. The van der Waals surface area contributed by atoms with Crippen LogP contribution in [-0.4, -0.2) is 37.2 Å². The minimum absolute atomic E-state index is 0.0632. The van der Waals surface area contributed by atoms with Gasteiger partial charge in [-0.1, -0.05) is 298 Å². The molecule has 6 nitrogen and oxygen atoms in total. The van der Waals surface area contributed by atoms with Crippen molar-refractivity contribution in [1.82, 2.24) is 0 Å². The molecule has 0 aromatic rings. The van der Waals surface area contributed by atoms with Crippen molar-refractivity contribution < 1.29 is 28.6 Å². The smallest absolute Gasteiger partial charge is 0.306 e. The Bertz CT molecular complexity index is 1040. The Kier molecular flexibility index (Phi) is 51.0. The van der Waals surface area contributed by atoms with E-state index in [1.807, 2.05) is 0 Å². The monoisotopic (exact) mass is 947 g/mol. The molecule has 0 aromatic heterocycles. The lowest BCUT2D eigenvalue weighted by molar-refractivity contribution is -0.167. The minimum atomic E-state index is -0.764. The molecule has 0 radical (unpaired) electrons. The van der Waals surface area contributed by atoms with E-state index in [9.17, 15) is 14.4 Å². The van der Waals surface area contributed by atoms with E-state index in [-0.39, 0.29) is 31.1 Å². The lowest BCUT2D eigenvalue weighted by Gasteiger charge is -2.18. The number of rotatable bonds is 54. The molecular weight excluding hydrogens is 829 g/mol. The molecule has 2 atom stereocenters. The van der Waals surface area contributed by atoms with Crippen LogP contribution in [0.5, 0.6) is 0 Å². The van der Waals surface area contributed by atoms with E-state index >= 15 is 0 Å². The number of ether oxygens (including phenoxy) is 3. The van der Waals surface area contributed by atoms with E-state index in [0.29, 0.717) is 19.3 Å². The van der Waals surface area contributed by atoms with E-state index in [1.165, 1.54) is 218 Å². The Balaban J connectivity index is 4.30. The molecule has 0 spiro atoms. The van der Waals surface area contributed by atoms with Crippen LogP contribution >= 0.6 is 0 Å². The molecule has 0 aromatic carbocycles. The molecular formula is C61H118O6. The fourth-order valence-electron chi connectivity index (χ4n) is 9.32. The van der Waals surface area contributed by atoms with Gasteiger partial charge in [0.05, 0.1) is 0 Å². The third kappa shape index (κ3) is 53.6. The van der Waals surface area contributed by atoms with Gasteiger partial charge in [0.2, 0.25) is 0 Å². The molecule has 0 N–H and O–H groups in total. The van der Waals surface area contributed by atoms with Crippen LogP contribution < -0.4 is 0 Å². The van der Waals surface area contributed by atoms with Crippen molar-refractivity contribution in [3.05, 3.63) is 0 Å². The van der Waals surface area contributed by atoms with Crippen LogP contribution in [0.15, 0.2) is 0 Å². The van der Waals surface area contributed by atoms with Gasteiger partial charge in [0, 0.05) is 19.3 Å². The molecule has 0 heterocycles. The summed E-state index contributed by atoms with van der Waals surface area (Å²) in [5.41, 5.74) is 0. The number of hydrogen-bond donors (Lipinski definition) is 0. The SMILES string of the molecule is CCC(C)CCCCCCCCCCCCC(=O)OC[C@H](COC(=O)CCCCCCCCCCCCCCCCC(C)C)OC(=O)CCCCCCCCCCCCCCCCCC(C)C. The summed E-state index contributed by atoms with van der Waals surface area (Å²) in [4.78, 5) is 38.2. The van der Waals surface area contributed by atoms with Gasteiger partial charge in [0.25, 0.3) is 0 Å². The molecule has 0 rings (SSSR count). The summed E-state index contributed by atoms with van der Waals surface area (Å²) < 4.78 is 16.9. The van der Waals surface area contributed by atoms with Crippen LogP contribution in [0.1, 0.15) is 337 Å². The molecule has 0 amide bonds. The van der Waals surface area contributed by atoms with Gasteiger partial charge in [-0.25, -0.2) is 0 Å². The van der Waals surface area contributed by atoms with Crippen molar-refractivity contribution in [2.45, 2.75) is 343 Å². The Morgan fingerprint density at radius 2 is 0.522 bits per heavy atom. The summed E-state index contributed by atoms with van der Waals surface area (Å²) in [5, 5.41) is 0. The zero-order chi connectivity index (χ0) is 49.1. The molecule has 0 aliphatic carbocycles. The van der Waals surface area contributed by atoms with Crippen molar-refractivity contribution in [2.75, 3.05) is 13.2 Å². The average Bonchev–Trinajstić information content (AvgIpc) is 3.30. The first-order valence-corrected chi connectivity index (χ1v) is 30.1. The average molecular weight is 948 g/mol. The molecule has 0 aliphatic rings. The molecule has 0 saturated heterocycles. The molecule has 0 fully saturated rings. The first-order chi connectivity index (χ1) is 32.6. The highest BCUT2D eigenvalue weighted by Gasteiger charge is 2.19. The topological polar surface area (TPSA) is 78.9 Å². The fourth-order valence-corrected chi connectivity index (χ4v) is 9.32. The lowest BCUT2D eigenvalue weighted by Crippen LogP contribution is -2.30. The molecule has 0 aliphatic heterocycles. The molecule has 0 saturated carbocycles. The van der Waals surface area contributed by atoms with Gasteiger partial charge in [-0.2, -0.15) is 0 Å². The Labute approximate surface area is 418 Å². The van der Waals surface area contributed by atoms with E-state index in [2.05, 4.69) is 41.5 Å². The summed E-state index contributed by atoms with van der Waals surface area (Å²) >= 11 is 0. The predicted molar refractivity (Wildman–Crippen MR) is 289 cm³/mol. The van der Waals surface area contributed by atoms with Crippen LogP contribution in [0.4, 0.5) is 0 Å². The lowest BCUT2D eigenvalue weighted by atomic mass is 9.99. The molecule has 1 unspecified atom stereocenters. The van der Waals surface area contributed by atoms with Crippen molar-refractivity contribution in [1.29, 1.82) is 0 Å². The van der Waals surface area contributed by atoms with Gasteiger partial charge in [0.1, 0.15) is 13.2 Å². The Hall–Kier alpha value is -1.59. The highest BCUT2D eigenvalue weighted by molar-refractivity contribution is 5.71. The first kappa shape index (κ1) is 65.4. The number of carbonyl (C=O) groups is 3. The van der Waals surface area contributed by atoms with Crippen LogP contribution in [-0.2, 0) is 28.6 Å². The maximum Gasteiger partial charge on any atom is 0.306 e. The van der Waals surface area contributed by atoms with Crippen molar-refractivity contribution in [2.24, 2.45) is 17.8 Å². The van der Waals surface area contributed by atoms with E-state index in [4.69, 9.17) is 14.2 Å². The van der Waals surface area contributed by atoms with Gasteiger partial charge in [-0.3, -0.25) is 14.4 Å². The number of esters is 3. The summed E-state index contributed by atoms with van der Waals surface area (Å²) in [7, 11) is 0. The van der Waals surface area contributed by atoms with Gasteiger partial charge in [-0.05, 0) is 37.0 Å². The number of carbonyl (C=O) groups excluding carboxylic acids is 3. The van der Waals surface area contributed by atoms with Gasteiger partial charge in [-0.15, -0.1) is 0 Å². The van der Waals surface area contributed by atoms with Crippen LogP contribution in [0, 0.1) is 17.8 Å². The molecule has 67 heavy (non-hydrogen) atoms. The maximum atomic E-state index is 12.9. The third-order valence-corrected chi connectivity index (χ3v) is 14.3. The number of unbranched alkanes of at least 4 members (excludes halogenated alkanes) is 36. The zero-order valence-electron chi connectivity index (χ0n) is 46.2. The zero-order valence-corrected chi connectivity index (χ0v) is 46.2. The van der Waals surface area contributed by atoms with Crippen molar-refractivity contribution >= 4 is 17.9 Å². The van der Waals surface area contributed by atoms with Gasteiger partial charge >= 0.3 is 17.9 Å². The maximum absolute atomic E-state index is 12.9. The highest BCUT2D eigenvalue weighted by Crippen LogP contribution is 2.19. The summed E-state index contributed by atoms with van der Waals surface area (Å²) in [6.07, 6.45) is 55.2. The van der Waals surface area contributed by atoms with Crippen molar-refractivity contribution in [3.63, 3.8) is 0 Å². The van der Waals surface area contributed by atoms with E-state index < -0.39 is 6.10 Å². The summed E-state index contributed by atoms with van der Waals surface area (Å²) in [5.74, 6) is 1.72. The van der Waals surface area contributed by atoms with Crippen molar-refractivity contribution in [3.8, 4) is 0 Å². The standard InChI is InChI=1S/C61H118O6/c1-7-57(6)49-43-37-31-25-21-22-27-33-39-45-51-60(63)66-54-58(53-65-59(62)50-44-38-32-26-19-15-12-11-14-18-24-30-36-42-48-56(4)5)67-61(64)52-46-40-34-28-20-16-10-8-9-13-17-23-29-35-41-47-55(2)3/h55-58H,7-54H2,1-6H3/t57?,58-/m0/s1. The minimum Gasteiger partial charge on any atom is -0.462 e. The largest absolute Gasteiger partial charge is 0.462 e. The summed E-state index contributed by atoms with van der Waals surface area (Å²) in [6.45, 7) is 13.8. The second-order valence-corrected chi connectivity index (χ2v) is 22.2. The Morgan fingerprint density at radius 3 is 0.776 bits per heavy atom. The Morgan fingerprint density at radius 1 is 0.299 bits per heavy atom. The van der Waals surface area contributed by atoms with E-state index in [1.54, 1.807) is 0 Å².